The van der Waals surface area contributed by atoms with Crippen molar-refractivity contribution in [2.45, 2.75) is 39.2 Å². The summed E-state index contributed by atoms with van der Waals surface area (Å²) in [6.07, 6.45) is 2.27. The number of hydrogen-bond donors (Lipinski definition) is 0. The second kappa shape index (κ2) is 10.1. The molecule has 0 bridgehead atoms. The Balaban J connectivity index is 1.37. The van der Waals surface area contributed by atoms with E-state index in [1.54, 1.807) is 5.01 Å². The first-order valence-corrected chi connectivity index (χ1v) is 12.3. The summed E-state index contributed by atoms with van der Waals surface area (Å²) in [5, 5.41) is 6.41. The molecule has 2 aromatic rings. The lowest BCUT2D eigenvalue weighted by Gasteiger charge is -2.32. The third-order valence-corrected chi connectivity index (χ3v) is 6.82. The molecule has 0 spiro atoms. The fourth-order valence-corrected chi connectivity index (χ4v) is 4.96. The van der Waals surface area contributed by atoms with Gasteiger partial charge in [-0.25, -0.2) is 5.01 Å². The van der Waals surface area contributed by atoms with Crippen LogP contribution < -0.4 is 9.47 Å². The minimum absolute atomic E-state index is 0.0840. The van der Waals surface area contributed by atoms with Crippen LogP contribution in [0.1, 0.15) is 48.9 Å². The summed E-state index contributed by atoms with van der Waals surface area (Å²) in [6.45, 7) is 5.95. The highest BCUT2D eigenvalue weighted by Crippen LogP contribution is 2.39. The summed E-state index contributed by atoms with van der Waals surface area (Å²) in [4.78, 5) is 27.9. The quantitative estimate of drug-likeness (QED) is 0.591. The van der Waals surface area contributed by atoms with Crippen molar-refractivity contribution in [2.24, 2.45) is 11.0 Å². The maximum Gasteiger partial charge on any atom is 0.310 e. The first-order valence-electron chi connectivity index (χ1n) is 12.3. The minimum atomic E-state index is -0.237. The van der Waals surface area contributed by atoms with Gasteiger partial charge in [-0.1, -0.05) is 35.9 Å². The van der Waals surface area contributed by atoms with Gasteiger partial charge in [-0.3, -0.25) is 14.5 Å². The second-order valence-electron chi connectivity index (χ2n) is 9.31. The van der Waals surface area contributed by atoms with Crippen molar-refractivity contribution in [2.75, 3.05) is 33.0 Å². The Labute approximate surface area is 205 Å². The Morgan fingerprint density at radius 3 is 2.71 bits per heavy atom. The standard InChI is InChI=1S/C27H31N3O5/c1-3-33-27(32)21-5-4-12-29(15-21)16-26(31)30-23(20-10-11-24-25(13-20)35-17-34-24)14-22(28-30)19-8-6-18(2)7-9-19/h6-11,13,21,23H,3-5,12,14-17H2,1-2H3/t21-,23-/m0/s1. The molecule has 0 N–H and O–H groups in total. The number of rotatable bonds is 6. The first-order chi connectivity index (χ1) is 17.0. The van der Waals surface area contributed by atoms with Crippen molar-refractivity contribution in [1.82, 2.24) is 9.91 Å². The smallest absolute Gasteiger partial charge is 0.310 e. The third kappa shape index (κ3) is 5.03. The van der Waals surface area contributed by atoms with Crippen molar-refractivity contribution in [3.05, 3.63) is 59.2 Å². The Kier molecular flexibility index (Phi) is 6.72. The van der Waals surface area contributed by atoms with Crippen LogP contribution in [0.3, 0.4) is 0 Å². The summed E-state index contributed by atoms with van der Waals surface area (Å²) in [5.41, 5.74) is 4.02. The predicted molar refractivity (Wildman–Crippen MR) is 130 cm³/mol. The van der Waals surface area contributed by atoms with Gasteiger partial charge >= 0.3 is 5.97 Å². The van der Waals surface area contributed by atoms with Gasteiger partial charge in [0.1, 0.15) is 0 Å². The van der Waals surface area contributed by atoms with Crippen molar-refractivity contribution in [3.63, 3.8) is 0 Å². The van der Waals surface area contributed by atoms with Crippen LogP contribution in [0.25, 0.3) is 0 Å². The summed E-state index contributed by atoms with van der Waals surface area (Å²) < 4.78 is 16.3. The lowest BCUT2D eigenvalue weighted by Crippen LogP contribution is -2.44. The van der Waals surface area contributed by atoms with E-state index in [0.717, 1.165) is 36.2 Å². The molecule has 0 saturated carbocycles. The van der Waals surface area contributed by atoms with E-state index in [1.165, 1.54) is 5.56 Å². The molecule has 0 aromatic heterocycles. The SMILES string of the molecule is CCOC(=O)[C@H]1CCCN(CC(=O)N2N=C(c3ccc(C)cc3)C[C@H]2c2ccc3c(c2)OCO3)C1. The molecular weight excluding hydrogens is 446 g/mol. The minimum Gasteiger partial charge on any atom is -0.466 e. The van der Waals surface area contributed by atoms with E-state index < -0.39 is 0 Å². The molecule has 3 heterocycles. The summed E-state index contributed by atoms with van der Waals surface area (Å²) in [7, 11) is 0. The lowest BCUT2D eigenvalue weighted by molar-refractivity contribution is -0.150. The number of fused-ring (bicyclic) bond motifs is 1. The van der Waals surface area contributed by atoms with E-state index in [1.807, 2.05) is 49.1 Å². The van der Waals surface area contributed by atoms with E-state index in [9.17, 15) is 9.59 Å². The maximum atomic E-state index is 13.6. The van der Waals surface area contributed by atoms with E-state index in [2.05, 4.69) is 12.1 Å². The van der Waals surface area contributed by atoms with Crippen molar-refractivity contribution in [3.8, 4) is 11.5 Å². The fourth-order valence-electron chi connectivity index (χ4n) is 4.96. The number of carbonyl (C=O) groups is 2. The largest absolute Gasteiger partial charge is 0.466 e. The number of nitrogens with zero attached hydrogens (tertiary/aromatic N) is 3. The topological polar surface area (TPSA) is 80.7 Å². The molecule has 1 saturated heterocycles. The summed E-state index contributed by atoms with van der Waals surface area (Å²) in [5.74, 6) is 0.948. The maximum absolute atomic E-state index is 13.6. The lowest BCUT2D eigenvalue weighted by atomic mass is 9.97. The number of benzene rings is 2. The van der Waals surface area contributed by atoms with E-state index >= 15 is 0 Å². The number of aryl methyl sites for hydroxylation is 1. The van der Waals surface area contributed by atoms with Crippen LogP contribution in [0.15, 0.2) is 47.6 Å². The second-order valence-corrected chi connectivity index (χ2v) is 9.31. The fraction of sp³-hybridized carbons (Fsp3) is 0.444. The number of ether oxygens (including phenoxy) is 3. The average Bonchev–Trinajstić information content (AvgIpc) is 3.52. The van der Waals surface area contributed by atoms with Crippen molar-refractivity contribution >= 4 is 17.6 Å². The molecule has 0 unspecified atom stereocenters. The molecule has 3 aliphatic rings. The molecule has 1 amide bonds. The van der Waals surface area contributed by atoms with Crippen LogP contribution in [0.2, 0.25) is 0 Å². The van der Waals surface area contributed by atoms with Gasteiger partial charge in [0.2, 0.25) is 6.79 Å². The summed E-state index contributed by atoms with van der Waals surface area (Å²) in [6, 6.07) is 13.8. The molecule has 2 aromatic carbocycles. The Hall–Kier alpha value is -3.39. The monoisotopic (exact) mass is 477 g/mol. The number of amides is 1. The molecule has 8 heteroatoms. The molecule has 8 nitrogen and oxygen atoms in total. The van der Waals surface area contributed by atoms with Crippen LogP contribution in [-0.2, 0) is 14.3 Å². The number of piperidine rings is 1. The highest BCUT2D eigenvalue weighted by molar-refractivity contribution is 6.03. The molecular formula is C27H31N3O5. The van der Waals surface area contributed by atoms with Crippen LogP contribution in [0, 0.1) is 12.8 Å². The number of likely N-dealkylation sites (tertiary alicyclic amines) is 1. The molecule has 35 heavy (non-hydrogen) atoms. The van der Waals surface area contributed by atoms with E-state index in [0.29, 0.717) is 31.1 Å². The zero-order valence-corrected chi connectivity index (χ0v) is 20.2. The van der Waals surface area contributed by atoms with Gasteiger partial charge in [-0.2, -0.15) is 5.10 Å². The van der Waals surface area contributed by atoms with Crippen LogP contribution in [0.4, 0.5) is 0 Å². The number of hydrogen-bond acceptors (Lipinski definition) is 7. The number of carbonyl (C=O) groups excluding carboxylic acids is 2. The molecule has 0 radical (unpaired) electrons. The predicted octanol–water partition coefficient (Wildman–Crippen LogP) is 3.68. The van der Waals surface area contributed by atoms with Gasteiger partial charge in [-0.15, -0.1) is 0 Å². The molecule has 2 atom stereocenters. The van der Waals surface area contributed by atoms with Gasteiger partial charge in [0, 0.05) is 13.0 Å². The Morgan fingerprint density at radius 1 is 1.11 bits per heavy atom. The average molecular weight is 478 g/mol. The third-order valence-electron chi connectivity index (χ3n) is 6.82. The van der Waals surface area contributed by atoms with Gasteiger partial charge < -0.3 is 14.2 Å². The van der Waals surface area contributed by atoms with Gasteiger partial charge in [0.05, 0.1) is 30.8 Å². The highest BCUT2D eigenvalue weighted by Gasteiger charge is 2.36. The first kappa shape index (κ1) is 23.4. The van der Waals surface area contributed by atoms with E-state index in [-0.39, 0.29) is 37.2 Å². The molecule has 184 valence electrons. The Bertz CT molecular complexity index is 1130. The number of hydrazone groups is 1. The van der Waals surface area contributed by atoms with Crippen LogP contribution in [-0.4, -0.2) is 60.5 Å². The van der Waals surface area contributed by atoms with Gasteiger partial charge in [0.15, 0.2) is 11.5 Å². The van der Waals surface area contributed by atoms with Crippen molar-refractivity contribution in [1.29, 1.82) is 0 Å². The molecule has 5 rings (SSSR count). The van der Waals surface area contributed by atoms with Gasteiger partial charge in [0.25, 0.3) is 5.91 Å². The molecule has 1 fully saturated rings. The van der Waals surface area contributed by atoms with E-state index in [4.69, 9.17) is 19.3 Å². The summed E-state index contributed by atoms with van der Waals surface area (Å²) >= 11 is 0. The zero-order valence-electron chi connectivity index (χ0n) is 20.2. The normalized spacial score (nSPS) is 21.7. The zero-order chi connectivity index (χ0) is 24.4. The molecule has 0 aliphatic carbocycles. The van der Waals surface area contributed by atoms with Crippen molar-refractivity contribution < 1.29 is 23.8 Å². The highest BCUT2D eigenvalue weighted by atomic mass is 16.7. The number of esters is 1. The van der Waals surface area contributed by atoms with Gasteiger partial charge in [-0.05, 0) is 56.5 Å². The van der Waals surface area contributed by atoms with Crippen LogP contribution >= 0.6 is 0 Å². The Morgan fingerprint density at radius 2 is 1.91 bits per heavy atom. The molecule has 3 aliphatic heterocycles. The van der Waals surface area contributed by atoms with Crippen LogP contribution in [0.5, 0.6) is 11.5 Å².